The summed E-state index contributed by atoms with van der Waals surface area (Å²) in [5, 5.41) is 6.41. The number of amides is 1. The number of nitrogens with one attached hydrogen (secondary N) is 2. The van der Waals surface area contributed by atoms with Crippen molar-refractivity contribution in [1.82, 2.24) is 10.6 Å². The van der Waals surface area contributed by atoms with Crippen molar-refractivity contribution in [2.24, 2.45) is 5.92 Å². The van der Waals surface area contributed by atoms with Crippen LogP contribution in [-0.2, 0) is 4.79 Å². The molecule has 0 heterocycles. The topological polar surface area (TPSA) is 41.1 Å². The minimum atomic E-state index is -0.0175. The zero-order valence-electron chi connectivity index (χ0n) is 10.3. The van der Waals surface area contributed by atoms with Gasteiger partial charge in [0.1, 0.15) is 0 Å². The predicted octanol–water partition coefficient (Wildman–Crippen LogP) is 1.82. The van der Waals surface area contributed by atoms with Crippen LogP contribution in [-0.4, -0.2) is 24.5 Å². The van der Waals surface area contributed by atoms with E-state index in [4.69, 9.17) is 0 Å². The summed E-state index contributed by atoms with van der Waals surface area (Å²) in [6, 6.07) is 0.589. The van der Waals surface area contributed by atoms with Crippen molar-refractivity contribution in [2.45, 2.75) is 64.0 Å². The van der Waals surface area contributed by atoms with Crippen molar-refractivity contribution >= 4 is 5.91 Å². The van der Waals surface area contributed by atoms with Gasteiger partial charge in [0.05, 0.1) is 6.04 Å². The summed E-state index contributed by atoms with van der Waals surface area (Å²) in [6.45, 7) is 2.85. The standard InChI is InChI=1S/C13H24N2O/c1-10(15-12-7-8-12)13(16)14-9-11-5-3-2-4-6-11/h10-12,15H,2-9H2,1H3,(H,14,16). The van der Waals surface area contributed by atoms with Crippen LogP contribution < -0.4 is 10.6 Å². The van der Waals surface area contributed by atoms with Crippen molar-refractivity contribution < 1.29 is 4.79 Å². The Labute approximate surface area is 98.4 Å². The van der Waals surface area contributed by atoms with Gasteiger partial charge in [-0.25, -0.2) is 0 Å². The fourth-order valence-corrected chi connectivity index (χ4v) is 2.47. The van der Waals surface area contributed by atoms with Gasteiger partial charge in [0.25, 0.3) is 0 Å². The van der Waals surface area contributed by atoms with Crippen LogP contribution in [0.3, 0.4) is 0 Å². The molecule has 0 aromatic carbocycles. The van der Waals surface area contributed by atoms with E-state index in [1.165, 1.54) is 44.9 Å². The van der Waals surface area contributed by atoms with Gasteiger partial charge in [-0.15, -0.1) is 0 Å². The smallest absolute Gasteiger partial charge is 0.236 e. The summed E-state index contributed by atoms with van der Waals surface area (Å²) < 4.78 is 0. The molecule has 16 heavy (non-hydrogen) atoms. The zero-order chi connectivity index (χ0) is 11.4. The van der Waals surface area contributed by atoms with Crippen LogP contribution in [0, 0.1) is 5.92 Å². The molecule has 2 fully saturated rings. The molecule has 0 aliphatic heterocycles. The van der Waals surface area contributed by atoms with Crippen LogP contribution in [0.5, 0.6) is 0 Å². The van der Waals surface area contributed by atoms with Crippen LogP contribution in [0.2, 0.25) is 0 Å². The number of rotatable bonds is 5. The van der Waals surface area contributed by atoms with Gasteiger partial charge in [-0.2, -0.15) is 0 Å². The molecule has 0 aromatic heterocycles. The monoisotopic (exact) mass is 224 g/mol. The second kappa shape index (κ2) is 5.67. The highest BCUT2D eigenvalue weighted by Crippen LogP contribution is 2.23. The van der Waals surface area contributed by atoms with E-state index < -0.39 is 0 Å². The molecule has 1 atom stereocenters. The van der Waals surface area contributed by atoms with Crippen molar-refractivity contribution in [3.63, 3.8) is 0 Å². The Morgan fingerprint density at radius 2 is 1.88 bits per heavy atom. The van der Waals surface area contributed by atoms with E-state index in [1.807, 2.05) is 6.92 Å². The second-order valence-electron chi connectivity index (χ2n) is 5.41. The molecule has 2 saturated carbocycles. The average molecular weight is 224 g/mol. The Morgan fingerprint density at radius 1 is 1.19 bits per heavy atom. The molecule has 1 amide bonds. The lowest BCUT2D eigenvalue weighted by molar-refractivity contribution is -0.123. The molecule has 1 unspecified atom stereocenters. The Morgan fingerprint density at radius 3 is 2.50 bits per heavy atom. The third kappa shape index (κ3) is 3.78. The highest BCUT2D eigenvalue weighted by atomic mass is 16.2. The van der Waals surface area contributed by atoms with Gasteiger partial charge in [0.15, 0.2) is 0 Å². The number of carbonyl (C=O) groups is 1. The fraction of sp³-hybridized carbons (Fsp3) is 0.923. The van der Waals surface area contributed by atoms with Crippen LogP contribution in [0.15, 0.2) is 0 Å². The van der Waals surface area contributed by atoms with Crippen LogP contribution in [0.1, 0.15) is 51.9 Å². The number of hydrogen-bond donors (Lipinski definition) is 2. The molecule has 2 aliphatic carbocycles. The van der Waals surface area contributed by atoms with Crippen molar-refractivity contribution in [1.29, 1.82) is 0 Å². The highest BCUT2D eigenvalue weighted by Gasteiger charge is 2.25. The van der Waals surface area contributed by atoms with E-state index in [0.717, 1.165) is 12.5 Å². The van der Waals surface area contributed by atoms with E-state index in [9.17, 15) is 4.79 Å². The third-order valence-electron chi connectivity index (χ3n) is 3.75. The first kappa shape index (κ1) is 11.9. The lowest BCUT2D eigenvalue weighted by Gasteiger charge is -2.22. The first-order valence-corrected chi connectivity index (χ1v) is 6.79. The van der Waals surface area contributed by atoms with Gasteiger partial charge in [-0.05, 0) is 38.5 Å². The second-order valence-corrected chi connectivity index (χ2v) is 5.41. The molecule has 92 valence electrons. The molecule has 2 aliphatic rings. The number of hydrogen-bond acceptors (Lipinski definition) is 2. The average Bonchev–Trinajstić information content (AvgIpc) is 3.11. The lowest BCUT2D eigenvalue weighted by atomic mass is 9.89. The van der Waals surface area contributed by atoms with E-state index in [-0.39, 0.29) is 11.9 Å². The molecule has 0 saturated heterocycles. The van der Waals surface area contributed by atoms with E-state index in [2.05, 4.69) is 10.6 Å². The summed E-state index contributed by atoms with van der Waals surface area (Å²) in [5.41, 5.74) is 0. The Hall–Kier alpha value is -0.570. The van der Waals surface area contributed by atoms with Crippen LogP contribution in [0.4, 0.5) is 0 Å². The molecule has 0 aromatic rings. The first-order valence-electron chi connectivity index (χ1n) is 6.79. The van der Waals surface area contributed by atoms with Gasteiger partial charge < -0.3 is 10.6 Å². The van der Waals surface area contributed by atoms with Crippen molar-refractivity contribution in [2.75, 3.05) is 6.54 Å². The molecule has 2 rings (SSSR count). The summed E-state index contributed by atoms with van der Waals surface area (Å²) in [4.78, 5) is 11.8. The minimum Gasteiger partial charge on any atom is -0.354 e. The lowest BCUT2D eigenvalue weighted by Crippen LogP contribution is -2.44. The zero-order valence-corrected chi connectivity index (χ0v) is 10.3. The van der Waals surface area contributed by atoms with Crippen molar-refractivity contribution in [3.05, 3.63) is 0 Å². The van der Waals surface area contributed by atoms with Crippen molar-refractivity contribution in [3.8, 4) is 0 Å². The Kier molecular flexibility index (Phi) is 4.22. The van der Waals surface area contributed by atoms with E-state index >= 15 is 0 Å². The minimum absolute atomic E-state index is 0.0175. The first-order chi connectivity index (χ1) is 7.75. The van der Waals surface area contributed by atoms with Gasteiger partial charge >= 0.3 is 0 Å². The van der Waals surface area contributed by atoms with Gasteiger partial charge in [0, 0.05) is 12.6 Å². The maximum atomic E-state index is 11.8. The molecular weight excluding hydrogens is 200 g/mol. The van der Waals surface area contributed by atoms with Gasteiger partial charge in [-0.3, -0.25) is 4.79 Å². The molecule has 0 radical (unpaired) electrons. The Bertz CT molecular complexity index is 232. The normalized spacial score (nSPS) is 24.1. The van der Waals surface area contributed by atoms with E-state index in [1.54, 1.807) is 0 Å². The predicted molar refractivity (Wildman–Crippen MR) is 65.2 cm³/mol. The largest absolute Gasteiger partial charge is 0.354 e. The fourth-order valence-electron chi connectivity index (χ4n) is 2.47. The maximum absolute atomic E-state index is 11.8. The summed E-state index contributed by atoms with van der Waals surface area (Å²) >= 11 is 0. The third-order valence-corrected chi connectivity index (χ3v) is 3.75. The maximum Gasteiger partial charge on any atom is 0.236 e. The SMILES string of the molecule is CC(NC1CC1)C(=O)NCC1CCCCC1. The van der Waals surface area contributed by atoms with Crippen LogP contribution in [0.25, 0.3) is 0 Å². The van der Waals surface area contributed by atoms with Gasteiger partial charge in [-0.1, -0.05) is 19.3 Å². The summed E-state index contributed by atoms with van der Waals surface area (Å²) in [6.07, 6.45) is 9.13. The number of carbonyl (C=O) groups excluding carboxylic acids is 1. The van der Waals surface area contributed by atoms with E-state index in [0.29, 0.717) is 6.04 Å². The highest BCUT2D eigenvalue weighted by molar-refractivity contribution is 5.81. The van der Waals surface area contributed by atoms with Crippen LogP contribution >= 0.6 is 0 Å². The van der Waals surface area contributed by atoms with Gasteiger partial charge in [0.2, 0.25) is 5.91 Å². The summed E-state index contributed by atoms with van der Waals surface area (Å²) in [7, 11) is 0. The molecule has 0 spiro atoms. The Balaban J connectivity index is 1.61. The summed E-state index contributed by atoms with van der Waals surface area (Å²) in [5.74, 6) is 0.906. The molecule has 0 bridgehead atoms. The molecular formula is C13H24N2O. The molecule has 2 N–H and O–H groups in total. The molecule has 3 heteroatoms. The molecule has 3 nitrogen and oxygen atoms in total. The quantitative estimate of drug-likeness (QED) is 0.748.